The zero-order valence-electron chi connectivity index (χ0n) is 12.3. The van der Waals surface area contributed by atoms with Gasteiger partial charge in [0.2, 0.25) is 0 Å². The number of rotatable bonds is 5. The number of hydrogen-bond acceptors (Lipinski definition) is 3. The lowest BCUT2D eigenvalue weighted by Gasteiger charge is -2.38. The lowest BCUT2D eigenvalue weighted by atomic mass is 9.94. The molecule has 2 N–H and O–H groups in total. The topological polar surface area (TPSA) is 32.5 Å². The smallest absolute Gasteiger partial charge is 0.0470 e. The van der Waals surface area contributed by atoms with E-state index < -0.39 is 0 Å². The van der Waals surface area contributed by atoms with E-state index in [1.807, 2.05) is 0 Å². The highest BCUT2D eigenvalue weighted by Gasteiger charge is 2.25. The van der Waals surface area contributed by atoms with E-state index >= 15 is 0 Å². The Morgan fingerprint density at radius 2 is 1.84 bits per heavy atom. The van der Waals surface area contributed by atoms with E-state index in [-0.39, 0.29) is 0 Å². The predicted octanol–water partition coefficient (Wildman–Crippen LogP) is 1.96. The standard InChI is InChI=1S/C16H27N3/c1-18(2)13-14-8-10-19(11-9-14)16(12-17)15-6-4-3-5-7-15/h3-7,14,16H,8-13,17H2,1-2H3. The summed E-state index contributed by atoms with van der Waals surface area (Å²) in [5.74, 6) is 0.848. The van der Waals surface area contributed by atoms with E-state index in [4.69, 9.17) is 5.73 Å². The minimum absolute atomic E-state index is 0.390. The number of nitrogens with two attached hydrogens (primary N) is 1. The van der Waals surface area contributed by atoms with Crippen LogP contribution in [0.5, 0.6) is 0 Å². The third-order valence-corrected chi connectivity index (χ3v) is 4.12. The first-order valence-corrected chi connectivity index (χ1v) is 7.34. The van der Waals surface area contributed by atoms with Gasteiger partial charge in [0.25, 0.3) is 0 Å². The van der Waals surface area contributed by atoms with Crippen LogP contribution in [0.1, 0.15) is 24.4 Å². The van der Waals surface area contributed by atoms with Gasteiger partial charge in [-0.2, -0.15) is 0 Å². The van der Waals surface area contributed by atoms with Gasteiger partial charge in [0.15, 0.2) is 0 Å². The highest BCUT2D eigenvalue weighted by Crippen LogP contribution is 2.26. The number of nitrogens with zero attached hydrogens (tertiary/aromatic N) is 2. The molecule has 1 fully saturated rings. The monoisotopic (exact) mass is 261 g/mol. The van der Waals surface area contributed by atoms with Gasteiger partial charge in [-0.15, -0.1) is 0 Å². The summed E-state index contributed by atoms with van der Waals surface area (Å²) in [6.07, 6.45) is 2.59. The Morgan fingerprint density at radius 3 is 2.37 bits per heavy atom. The van der Waals surface area contributed by atoms with E-state index in [9.17, 15) is 0 Å². The third kappa shape index (κ3) is 4.03. The highest BCUT2D eigenvalue weighted by molar-refractivity contribution is 5.19. The number of hydrogen-bond donors (Lipinski definition) is 1. The molecule has 106 valence electrons. The van der Waals surface area contributed by atoms with Gasteiger partial charge in [0, 0.05) is 19.1 Å². The maximum absolute atomic E-state index is 6.00. The van der Waals surface area contributed by atoms with Crippen LogP contribution in [0.15, 0.2) is 30.3 Å². The van der Waals surface area contributed by atoms with Gasteiger partial charge in [-0.3, -0.25) is 4.90 Å². The van der Waals surface area contributed by atoms with Crippen LogP contribution >= 0.6 is 0 Å². The molecule has 0 bridgehead atoms. The summed E-state index contributed by atoms with van der Waals surface area (Å²) in [6.45, 7) is 4.28. The minimum atomic E-state index is 0.390. The molecule has 1 atom stereocenters. The molecule has 2 rings (SSSR count). The number of piperidine rings is 1. The van der Waals surface area contributed by atoms with Crippen LogP contribution in [0.2, 0.25) is 0 Å². The van der Waals surface area contributed by atoms with Crippen LogP contribution in [-0.4, -0.2) is 50.1 Å². The van der Waals surface area contributed by atoms with Crippen LogP contribution in [0.25, 0.3) is 0 Å². The lowest BCUT2D eigenvalue weighted by molar-refractivity contribution is 0.122. The normalized spacial score (nSPS) is 19.8. The van der Waals surface area contributed by atoms with Crippen molar-refractivity contribution in [1.82, 2.24) is 9.80 Å². The van der Waals surface area contributed by atoms with Gasteiger partial charge in [-0.25, -0.2) is 0 Å². The van der Waals surface area contributed by atoms with E-state index in [0.29, 0.717) is 12.6 Å². The fraction of sp³-hybridized carbons (Fsp3) is 0.625. The summed E-state index contributed by atoms with van der Waals surface area (Å²) >= 11 is 0. The molecule has 1 heterocycles. The summed E-state index contributed by atoms with van der Waals surface area (Å²) in [7, 11) is 4.33. The van der Waals surface area contributed by atoms with E-state index in [2.05, 4.69) is 54.2 Å². The van der Waals surface area contributed by atoms with Gasteiger partial charge in [-0.1, -0.05) is 30.3 Å². The first-order valence-electron chi connectivity index (χ1n) is 7.34. The molecule has 0 aliphatic carbocycles. The third-order valence-electron chi connectivity index (χ3n) is 4.12. The Hall–Kier alpha value is -0.900. The average molecular weight is 261 g/mol. The molecule has 0 radical (unpaired) electrons. The molecular formula is C16H27N3. The Bertz CT molecular complexity index is 356. The second kappa shape index (κ2) is 7.04. The lowest BCUT2D eigenvalue weighted by Crippen LogP contribution is -2.41. The van der Waals surface area contributed by atoms with Crippen molar-refractivity contribution in [2.75, 3.05) is 40.3 Å². The first kappa shape index (κ1) is 14.5. The predicted molar refractivity (Wildman–Crippen MR) is 81.1 cm³/mol. The molecule has 1 unspecified atom stereocenters. The second-order valence-corrected chi connectivity index (χ2v) is 5.90. The molecule has 3 heteroatoms. The fourth-order valence-electron chi connectivity index (χ4n) is 3.13. The summed E-state index contributed by atoms with van der Waals surface area (Å²) in [6, 6.07) is 11.1. The highest BCUT2D eigenvalue weighted by atomic mass is 15.2. The van der Waals surface area contributed by atoms with Crippen molar-refractivity contribution in [2.45, 2.75) is 18.9 Å². The maximum Gasteiger partial charge on any atom is 0.0470 e. The van der Waals surface area contributed by atoms with Crippen molar-refractivity contribution >= 4 is 0 Å². The summed E-state index contributed by atoms with van der Waals surface area (Å²) in [4.78, 5) is 4.86. The van der Waals surface area contributed by atoms with Gasteiger partial charge < -0.3 is 10.6 Å². The molecule has 1 aliphatic heterocycles. The average Bonchev–Trinajstić information content (AvgIpc) is 2.42. The molecule has 19 heavy (non-hydrogen) atoms. The first-order chi connectivity index (χ1) is 9.20. The van der Waals surface area contributed by atoms with Crippen LogP contribution in [-0.2, 0) is 0 Å². The molecule has 0 saturated carbocycles. The maximum atomic E-state index is 6.00. The van der Waals surface area contributed by atoms with Crippen molar-refractivity contribution in [2.24, 2.45) is 11.7 Å². The fourth-order valence-corrected chi connectivity index (χ4v) is 3.13. The molecule has 1 aliphatic rings. The van der Waals surface area contributed by atoms with Crippen molar-refractivity contribution < 1.29 is 0 Å². The molecule has 3 nitrogen and oxygen atoms in total. The zero-order chi connectivity index (χ0) is 13.7. The van der Waals surface area contributed by atoms with E-state index in [1.54, 1.807) is 0 Å². The van der Waals surface area contributed by atoms with Crippen molar-refractivity contribution in [3.63, 3.8) is 0 Å². The molecule has 1 aromatic rings. The molecule has 0 spiro atoms. The Kier molecular flexibility index (Phi) is 5.37. The van der Waals surface area contributed by atoms with Crippen molar-refractivity contribution in [3.05, 3.63) is 35.9 Å². The van der Waals surface area contributed by atoms with Gasteiger partial charge in [0.1, 0.15) is 0 Å². The Labute approximate surface area is 117 Å². The Balaban J connectivity index is 1.92. The Morgan fingerprint density at radius 1 is 1.21 bits per heavy atom. The van der Waals surface area contributed by atoms with Gasteiger partial charge in [0.05, 0.1) is 0 Å². The molecule has 0 aromatic heterocycles. The summed E-state index contributed by atoms with van der Waals surface area (Å²) < 4.78 is 0. The van der Waals surface area contributed by atoms with Gasteiger partial charge in [-0.05, 0) is 51.5 Å². The summed E-state index contributed by atoms with van der Waals surface area (Å²) in [5.41, 5.74) is 7.36. The van der Waals surface area contributed by atoms with Crippen LogP contribution in [0, 0.1) is 5.92 Å². The van der Waals surface area contributed by atoms with Crippen molar-refractivity contribution in [1.29, 1.82) is 0 Å². The molecule has 0 amide bonds. The second-order valence-electron chi connectivity index (χ2n) is 5.90. The number of benzene rings is 1. The van der Waals surface area contributed by atoms with Crippen molar-refractivity contribution in [3.8, 4) is 0 Å². The molecular weight excluding hydrogens is 234 g/mol. The molecule has 1 aromatic carbocycles. The molecule has 1 saturated heterocycles. The largest absolute Gasteiger partial charge is 0.329 e. The van der Waals surface area contributed by atoms with Gasteiger partial charge >= 0.3 is 0 Å². The number of likely N-dealkylation sites (tertiary alicyclic amines) is 1. The summed E-state index contributed by atoms with van der Waals surface area (Å²) in [5, 5.41) is 0. The zero-order valence-corrected chi connectivity index (χ0v) is 12.3. The van der Waals surface area contributed by atoms with E-state index in [0.717, 1.165) is 5.92 Å². The van der Waals surface area contributed by atoms with Crippen LogP contribution < -0.4 is 5.73 Å². The van der Waals surface area contributed by atoms with Crippen LogP contribution in [0.4, 0.5) is 0 Å². The SMILES string of the molecule is CN(C)CC1CCN(C(CN)c2ccccc2)CC1. The van der Waals surface area contributed by atoms with Crippen LogP contribution in [0.3, 0.4) is 0 Å². The quantitative estimate of drug-likeness (QED) is 0.879. The van der Waals surface area contributed by atoms with E-state index in [1.165, 1.54) is 38.0 Å². The minimum Gasteiger partial charge on any atom is -0.329 e.